The largest absolute Gasteiger partial charge is 0.322 e. The second kappa shape index (κ2) is 8.96. The van der Waals surface area contributed by atoms with Crippen LogP contribution in [0.4, 0.5) is 11.4 Å². The van der Waals surface area contributed by atoms with Crippen LogP contribution >= 0.6 is 0 Å². The second-order valence-electron chi connectivity index (χ2n) is 6.88. The molecule has 3 aromatic rings. The lowest BCUT2D eigenvalue weighted by Gasteiger charge is -2.07. The average Bonchev–Trinajstić information content (AvgIpc) is 2.74. The molecule has 0 saturated heterocycles. The fraction of sp³-hybridized carbons (Fsp3) is 0.0833. The molecule has 1 amide bonds. The maximum atomic E-state index is 12.8. The first-order valence-corrected chi connectivity index (χ1v) is 9.29. The highest BCUT2D eigenvalue weighted by atomic mass is 16.6. The van der Waals surface area contributed by atoms with Crippen molar-refractivity contribution in [1.82, 2.24) is 0 Å². The van der Waals surface area contributed by atoms with Crippen LogP contribution in [0.2, 0.25) is 0 Å². The van der Waals surface area contributed by atoms with Gasteiger partial charge >= 0.3 is 0 Å². The summed E-state index contributed by atoms with van der Waals surface area (Å²) >= 11 is 0. The van der Waals surface area contributed by atoms with Crippen LogP contribution in [0, 0.1) is 24.0 Å². The molecule has 0 unspecified atom stereocenters. The van der Waals surface area contributed by atoms with Crippen molar-refractivity contribution in [3.63, 3.8) is 0 Å². The Morgan fingerprint density at radius 1 is 0.900 bits per heavy atom. The first-order chi connectivity index (χ1) is 14.3. The smallest absolute Gasteiger partial charge is 0.269 e. The van der Waals surface area contributed by atoms with Crippen molar-refractivity contribution < 1.29 is 14.5 Å². The monoisotopic (exact) mass is 400 g/mol. The van der Waals surface area contributed by atoms with E-state index in [0.29, 0.717) is 22.4 Å². The fourth-order valence-electron chi connectivity index (χ4n) is 2.85. The highest BCUT2D eigenvalue weighted by Gasteiger charge is 2.11. The molecule has 0 spiro atoms. The number of hydrogen-bond acceptors (Lipinski definition) is 4. The van der Waals surface area contributed by atoms with Crippen molar-refractivity contribution in [2.24, 2.45) is 0 Å². The summed E-state index contributed by atoms with van der Waals surface area (Å²) in [6.07, 6.45) is 2.89. The van der Waals surface area contributed by atoms with Crippen molar-refractivity contribution in [3.05, 3.63) is 111 Å². The molecule has 0 fully saturated rings. The number of nitrogens with zero attached hydrogens (tertiary/aromatic N) is 1. The Kier molecular flexibility index (Phi) is 6.17. The summed E-state index contributed by atoms with van der Waals surface area (Å²) < 4.78 is 0. The van der Waals surface area contributed by atoms with Gasteiger partial charge in [-0.2, -0.15) is 0 Å². The lowest BCUT2D eigenvalue weighted by molar-refractivity contribution is -0.384. The Morgan fingerprint density at radius 2 is 1.60 bits per heavy atom. The molecule has 0 radical (unpaired) electrons. The van der Waals surface area contributed by atoms with Gasteiger partial charge in [0.1, 0.15) is 0 Å². The number of nitro groups is 1. The van der Waals surface area contributed by atoms with Crippen LogP contribution in [0.15, 0.2) is 72.8 Å². The molecule has 0 aliphatic heterocycles. The number of rotatable bonds is 6. The molecule has 3 rings (SSSR count). The van der Waals surface area contributed by atoms with Crippen LogP contribution in [-0.4, -0.2) is 16.6 Å². The first kappa shape index (κ1) is 20.7. The van der Waals surface area contributed by atoms with Crippen LogP contribution in [-0.2, 0) is 4.79 Å². The van der Waals surface area contributed by atoms with E-state index in [2.05, 4.69) is 5.32 Å². The standard InChI is InChI=1S/C24H20N2O4/c1-16-6-10-20(14-17(16)2)24(28)19-4-3-5-21(15-19)25-23(27)13-9-18-7-11-22(12-8-18)26(29)30/h3-15H,1-2H3,(H,25,27)/b13-9+. The number of aryl methyl sites for hydroxylation is 2. The summed E-state index contributed by atoms with van der Waals surface area (Å²) in [6.45, 7) is 3.95. The number of nitro benzene ring substituents is 1. The van der Waals surface area contributed by atoms with E-state index >= 15 is 0 Å². The number of ketones is 1. The van der Waals surface area contributed by atoms with Gasteiger partial charge in [-0.3, -0.25) is 19.7 Å². The van der Waals surface area contributed by atoms with Crippen molar-refractivity contribution in [2.45, 2.75) is 13.8 Å². The van der Waals surface area contributed by atoms with Crippen LogP contribution in [0.3, 0.4) is 0 Å². The Bertz CT molecular complexity index is 1150. The summed E-state index contributed by atoms with van der Waals surface area (Å²) in [5.41, 5.74) is 4.39. The number of non-ortho nitro benzene ring substituents is 1. The minimum Gasteiger partial charge on any atom is -0.322 e. The van der Waals surface area contributed by atoms with Crippen LogP contribution < -0.4 is 5.32 Å². The fourth-order valence-corrected chi connectivity index (χ4v) is 2.85. The molecular weight excluding hydrogens is 380 g/mol. The third kappa shape index (κ3) is 5.05. The van der Waals surface area contributed by atoms with Gasteiger partial charge in [-0.25, -0.2) is 0 Å². The summed E-state index contributed by atoms with van der Waals surface area (Å²) in [6, 6.07) is 18.2. The van der Waals surface area contributed by atoms with Gasteiger partial charge in [-0.15, -0.1) is 0 Å². The minimum absolute atomic E-state index is 0.0122. The highest BCUT2D eigenvalue weighted by molar-refractivity contribution is 6.10. The van der Waals surface area contributed by atoms with Gasteiger partial charge in [0.15, 0.2) is 5.78 Å². The number of carbonyl (C=O) groups is 2. The summed E-state index contributed by atoms with van der Waals surface area (Å²) in [7, 11) is 0. The maximum Gasteiger partial charge on any atom is 0.269 e. The molecule has 0 atom stereocenters. The number of anilines is 1. The molecule has 30 heavy (non-hydrogen) atoms. The quantitative estimate of drug-likeness (QED) is 0.270. The molecule has 0 aromatic heterocycles. The van der Waals surface area contributed by atoms with Gasteiger partial charge < -0.3 is 5.32 Å². The Labute approximate surface area is 174 Å². The Balaban J connectivity index is 1.69. The zero-order valence-electron chi connectivity index (χ0n) is 16.6. The average molecular weight is 400 g/mol. The van der Waals surface area contributed by atoms with E-state index in [1.165, 1.54) is 18.2 Å². The zero-order chi connectivity index (χ0) is 21.7. The van der Waals surface area contributed by atoms with E-state index in [-0.39, 0.29) is 17.4 Å². The van der Waals surface area contributed by atoms with E-state index in [4.69, 9.17) is 0 Å². The molecule has 0 heterocycles. The van der Waals surface area contributed by atoms with Crippen molar-refractivity contribution >= 4 is 29.1 Å². The predicted octanol–water partition coefficient (Wildman–Crippen LogP) is 5.09. The van der Waals surface area contributed by atoms with Crippen LogP contribution in [0.1, 0.15) is 32.6 Å². The van der Waals surface area contributed by atoms with Gasteiger partial charge in [0.2, 0.25) is 5.91 Å². The SMILES string of the molecule is Cc1ccc(C(=O)c2cccc(NC(=O)/C=C/c3ccc([N+](=O)[O-])cc3)c2)cc1C. The number of amides is 1. The molecule has 150 valence electrons. The molecule has 0 saturated carbocycles. The summed E-state index contributed by atoms with van der Waals surface area (Å²) in [5, 5.41) is 13.4. The van der Waals surface area contributed by atoms with E-state index < -0.39 is 4.92 Å². The lowest BCUT2D eigenvalue weighted by Crippen LogP contribution is -2.09. The summed E-state index contributed by atoms with van der Waals surface area (Å²) in [5.74, 6) is -0.486. The van der Waals surface area contributed by atoms with Crippen LogP contribution in [0.25, 0.3) is 6.08 Å². The number of carbonyl (C=O) groups excluding carboxylic acids is 2. The minimum atomic E-state index is -0.480. The number of nitrogens with one attached hydrogen (secondary N) is 1. The van der Waals surface area contributed by atoms with Gasteiger partial charge in [0.25, 0.3) is 5.69 Å². The van der Waals surface area contributed by atoms with Crippen molar-refractivity contribution in [1.29, 1.82) is 0 Å². The first-order valence-electron chi connectivity index (χ1n) is 9.29. The molecular formula is C24H20N2O4. The molecule has 6 nitrogen and oxygen atoms in total. The van der Waals surface area contributed by atoms with Gasteiger partial charge in [-0.1, -0.05) is 24.3 Å². The third-order valence-electron chi connectivity index (χ3n) is 4.69. The normalized spacial score (nSPS) is 10.7. The second-order valence-corrected chi connectivity index (χ2v) is 6.88. The topological polar surface area (TPSA) is 89.3 Å². The van der Waals surface area contributed by atoms with Crippen molar-refractivity contribution in [2.75, 3.05) is 5.32 Å². The van der Waals surface area contributed by atoms with E-state index in [1.54, 1.807) is 48.5 Å². The molecule has 6 heteroatoms. The van der Waals surface area contributed by atoms with E-state index in [0.717, 1.165) is 11.1 Å². The Morgan fingerprint density at radius 3 is 2.27 bits per heavy atom. The molecule has 0 bridgehead atoms. The summed E-state index contributed by atoms with van der Waals surface area (Å²) in [4.78, 5) is 35.2. The molecule has 1 N–H and O–H groups in total. The van der Waals surface area contributed by atoms with Crippen LogP contribution in [0.5, 0.6) is 0 Å². The van der Waals surface area contributed by atoms with Gasteiger partial charge in [0.05, 0.1) is 4.92 Å². The molecule has 0 aliphatic carbocycles. The maximum absolute atomic E-state index is 12.8. The predicted molar refractivity (Wildman–Crippen MR) is 117 cm³/mol. The van der Waals surface area contributed by atoms with E-state index in [1.807, 2.05) is 26.0 Å². The third-order valence-corrected chi connectivity index (χ3v) is 4.69. The Hall–Kier alpha value is -4.06. The van der Waals surface area contributed by atoms with Gasteiger partial charge in [-0.05, 0) is 66.9 Å². The zero-order valence-corrected chi connectivity index (χ0v) is 16.6. The lowest BCUT2D eigenvalue weighted by atomic mass is 9.99. The number of hydrogen-bond donors (Lipinski definition) is 1. The van der Waals surface area contributed by atoms with E-state index in [9.17, 15) is 19.7 Å². The molecule has 3 aromatic carbocycles. The number of benzene rings is 3. The highest BCUT2D eigenvalue weighted by Crippen LogP contribution is 2.18. The van der Waals surface area contributed by atoms with Crippen molar-refractivity contribution in [3.8, 4) is 0 Å². The molecule has 0 aliphatic rings. The van der Waals surface area contributed by atoms with Gasteiger partial charge in [0, 0.05) is 35.0 Å².